The molecular weight excluding hydrogens is 352 g/mol. The zero-order chi connectivity index (χ0) is 18.3. The maximum absolute atomic E-state index is 12.5. The number of anilines is 1. The number of rotatable bonds is 3. The lowest BCUT2D eigenvalue weighted by atomic mass is 10.1. The summed E-state index contributed by atoms with van der Waals surface area (Å²) in [5.74, 6) is 0.508. The van der Waals surface area contributed by atoms with E-state index in [9.17, 15) is 9.59 Å². The van der Waals surface area contributed by atoms with E-state index in [1.54, 1.807) is 37.3 Å². The number of ether oxygens (including phenoxy) is 1. The number of hydrogen-bond acceptors (Lipinski definition) is 3. The molecule has 2 aromatic carbocycles. The van der Waals surface area contributed by atoms with Gasteiger partial charge in [0, 0.05) is 34.4 Å². The number of fused-ring (bicyclic) bond motifs is 1. The highest BCUT2D eigenvalue weighted by Gasteiger charge is 2.37. The molecule has 2 aliphatic rings. The molecule has 0 bridgehead atoms. The Balaban J connectivity index is 1.56. The Hall–Kier alpha value is -2.53. The third-order valence-corrected chi connectivity index (χ3v) is 4.94. The second kappa shape index (κ2) is 6.65. The SMILES string of the molecule is C[C@H]1Oc2ccc(NC(=O)c3ccc(Cl)cc3)cc2CN(C2CC2)C1=O. The number of benzene rings is 2. The van der Waals surface area contributed by atoms with Crippen LogP contribution in [-0.2, 0) is 11.3 Å². The van der Waals surface area contributed by atoms with Crippen molar-refractivity contribution in [3.05, 3.63) is 58.6 Å². The molecule has 0 radical (unpaired) electrons. The van der Waals surface area contributed by atoms with E-state index in [2.05, 4.69) is 5.32 Å². The van der Waals surface area contributed by atoms with Gasteiger partial charge in [0.15, 0.2) is 6.10 Å². The topological polar surface area (TPSA) is 58.6 Å². The summed E-state index contributed by atoms with van der Waals surface area (Å²) < 4.78 is 5.82. The number of carbonyl (C=O) groups is 2. The fourth-order valence-electron chi connectivity index (χ4n) is 3.13. The molecule has 0 aromatic heterocycles. The first-order valence-electron chi connectivity index (χ1n) is 8.68. The Labute approximate surface area is 156 Å². The van der Waals surface area contributed by atoms with Crippen LogP contribution >= 0.6 is 11.6 Å². The van der Waals surface area contributed by atoms with E-state index in [4.69, 9.17) is 16.3 Å². The summed E-state index contributed by atoms with van der Waals surface area (Å²) in [6, 6.07) is 12.5. The van der Waals surface area contributed by atoms with Gasteiger partial charge in [-0.3, -0.25) is 9.59 Å². The lowest BCUT2D eigenvalue weighted by Gasteiger charge is -2.21. The molecule has 1 fully saturated rings. The van der Waals surface area contributed by atoms with Crippen LogP contribution in [0.2, 0.25) is 5.02 Å². The Morgan fingerprint density at radius 3 is 2.62 bits per heavy atom. The number of nitrogens with zero attached hydrogens (tertiary/aromatic N) is 1. The summed E-state index contributed by atoms with van der Waals surface area (Å²) in [6.45, 7) is 2.29. The van der Waals surface area contributed by atoms with E-state index in [1.807, 2.05) is 17.0 Å². The van der Waals surface area contributed by atoms with Crippen LogP contribution in [-0.4, -0.2) is 28.9 Å². The molecule has 6 heteroatoms. The molecule has 1 aliphatic heterocycles. The molecular formula is C20H19ClN2O3. The third kappa shape index (κ3) is 3.40. The normalized spacial score (nSPS) is 19.4. The van der Waals surface area contributed by atoms with Crippen LogP contribution in [0.3, 0.4) is 0 Å². The predicted octanol–water partition coefficient (Wildman–Crippen LogP) is 3.86. The molecule has 0 saturated heterocycles. The fourth-order valence-corrected chi connectivity index (χ4v) is 3.26. The Morgan fingerprint density at radius 1 is 1.19 bits per heavy atom. The van der Waals surface area contributed by atoms with E-state index in [0.29, 0.717) is 34.6 Å². The number of carbonyl (C=O) groups excluding carboxylic acids is 2. The summed E-state index contributed by atoms with van der Waals surface area (Å²) in [6.07, 6.45) is 1.59. The highest BCUT2D eigenvalue weighted by molar-refractivity contribution is 6.30. The standard InChI is InChI=1S/C20H19ClN2O3/c1-12-20(25)23(17-7-8-17)11-14-10-16(6-9-18(14)26-12)22-19(24)13-2-4-15(21)5-3-13/h2-6,9-10,12,17H,7-8,11H2,1H3,(H,22,24)/t12-/m1/s1. The monoisotopic (exact) mass is 370 g/mol. The minimum absolute atomic E-state index is 0.0236. The minimum atomic E-state index is -0.494. The Bertz CT molecular complexity index is 862. The molecule has 134 valence electrons. The number of amides is 2. The Morgan fingerprint density at radius 2 is 1.92 bits per heavy atom. The predicted molar refractivity (Wildman–Crippen MR) is 99.5 cm³/mol. The molecule has 1 aliphatic carbocycles. The van der Waals surface area contributed by atoms with Gasteiger partial charge in [-0.05, 0) is 62.2 Å². The second-order valence-corrected chi connectivity index (χ2v) is 7.18. The zero-order valence-corrected chi connectivity index (χ0v) is 15.1. The van der Waals surface area contributed by atoms with Crippen LogP contribution in [0.15, 0.2) is 42.5 Å². The Kier molecular flexibility index (Phi) is 4.32. The second-order valence-electron chi connectivity index (χ2n) is 6.74. The van der Waals surface area contributed by atoms with Crippen molar-refractivity contribution >= 4 is 29.1 Å². The largest absolute Gasteiger partial charge is 0.481 e. The van der Waals surface area contributed by atoms with Crippen molar-refractivity contribution in [3.8, 4) is 5.75 Å². The average Bonchev–Trinajstić information content (AvgIpc) is 3.46. The zero-order valence-electron chi connectivity index (χ0n) is 14.4. The van der Waals surface area contributed by atoms with Crippen LogP contribution in [0.4, 0.5) is 5.69 Å². The van der Waals surface area contributed by atoms with Crippen molar-refractivity contribution in [2.45, 2.75) is 38.5 Å². The molecule has 5 nitrogen and oxygen atoms in total. The molecule has 1 N–H and O–H groups in total. The summed E-state index contributed by atoms with van der Waals surface area (Å²) in [5, 5.41) is 3.48. The summed E-state index contributed by atoms with van der Waals surface area (Å²) in [7, 11) is 0. The van der Waals surface area contributed by atoms with Gasteiger partial charge in [0.2, 0.25) is 0 Å². The smallest absolute Gasteiger partial charge is 0.263 e. The minimum Gasteiger partial charge on any atom is -0.481 e. The molecule has 4 rings (SSSR count). The molecule has 26 heavy (non-hydrogen) atoms. The van der Waals surface area contributed by atoms with Gasteiger partial charge < -0.3 is 15.0 Å². The average molecular weight is 371 g/mol. The molecule has 2 aromatic rings. The van der Waals surface area contributed by atoms with Crippen molar-refractivity contribution in [1.82, 2.24) is 4.90 Å². The van der Waals surface area contributed by atoms with Crippen LogP contribution in [0.1, 0.15) is 35.7 Å². The van der Waals surface area contributed by atoms with Gasteiger partial charge in [0.25, 0.3) is 11.8 Å². The first-order valence-corrected chi connectivity index (χ1v) is 9.06. The van der Waals surface area contributed by atoms with Crippen LogP contribution in [0.25, 0.3) is 0 Å². The van der Waals surface area contributed by atoms with Crippen molar-refractivity contribution in [2.24, 2.45) is 0 Å². The third-order valence-electron chi connectivity index (χ3n) is 4.69. The number of halogens is 1. The lowest BCUT2D eigenvalue weighted by Crippen LogP contribution is -2.39. The summed E-state index contributed by atoms with van der Waals surface area (Å²) >= 11 is 5.86. The fraction of sp³-hybridized carbons (Fsp3) is 0.300. The van der Waals surface area contributed by atoms with Crippen molar-refractivity contribution in [1.29, 1.82) is 0 Å². The van der Waals surface area contributed by atoms with Gasteiger partial charge in [-0.2, -0.15) is 0 Å². The summed E-state index contributed by atoms with van der Waals surface area (Å²) in [4.78, 5) is 26.8. The van der Waals surface area contributed by atoms with Crippen LogP contribution in [0.5, 0.6) is 5.75 Å². The van der Waals surface area contributed by atoms with Crippen LogP contribution in [0, 0.1) is 0 Å². The highest BCUT2D eigenvalue weighted by Crippen LogP contribution is 2.35. The number of hydrogen-bond donors (Lipinski definition) is 1. The van der Waals surface area contributed by atoms with E-state index in [0.717, 1.165) is 18.4 Å². The highest BCUT2D eigenvalue weighted by atomic mass is 35.5. The van der Waals surface area contributed by atoms with Gasteiger partial charge in [0.1, 0.15) is 5.75 Å². The first-order chi connectivity index (χ1) is 12.5. The van der Waals surface area contributed by atoms with E-state index in [1.165, 1.54) is 0 Å². The quantitative estimate of drug-likeness (QED) is 0.892. The number of nitrogens with one attached hydrogen (secondary N) is 1. The van der Waals surface area contributed by atoms with E-state index >= 15 is 0 Å². The lowest BCUT2D eigenvalue weighted by molar-refractivity contribution is -0.138. The van der Waals surface area contributed by atoms with Gasteiger partial charge in [-0.15, -0.1) is 0 Å². The van der Waals surface area contributed by atoms with Gasteiger partial charge >= 0.3 is 0 Å². The van der Waals surface area contributed by atoms with E-state index in [-0.39, 0.29) is 11.8 Å². The molecule has 0 unspecified atom stereocenters. The van der Waals surface area contributed by atoms with Crippen molar-refractivity contribution in [3.63, 3.8) is 0 Å². The van der Waals surface area contributed by atoms with E-state index < -0.39 is 6.10 Å². The maximum atomic E-state index is 12.5. The van der Waals surface area contributed by atoms with Crippen molar-refractivity contribution in [2.75, 3.05) is 5.32 Å². The van der Waals surface area contributed by atoms with Gasteiger partial charge in [0.05, 0.1) is 0 Å². The maximum Gasteiger partial charge on any atom is 0.263 e. The van der Waals surface area contributed by atoms with Gasteiger partial charge in [-0.1, -0.05) is 11.6 Å². The van der Waals surface area contributed by atoms with Crippen molar-refractivity contribution < 1.29 is 14.3 Å². The van der Waals surface area contributed by atoms with Crippen LogP contribution < -0.4 is 10.1 Å². The van der Waals surface area contributed by atoms with Gasteiger partial charge in [-0.25, -0.2) is 0 Å². The molecule has 1 saturated carbocycles. The summed E-state index contributed by atoms with van der Waals surface area (Å²) in [5.41, 5.74) is 2.11. The molecule has 1 atom stereocenters. The molecule has 1 heterocycles. The molecule has 0 spiro atoms. The first kappa shape index (κ1) is 16.9. The molecule has 2 amide bonds.